The molecule has 5 heteroatoms. The Labute approximate surface area is 52.6 Å². The van der Waals surface area contributed by atoms with Gasteiger partial charge in [0.1, 0.15) is 0 Å². The molecule has 0 atom stereocenters. The summed E-state index contributed by atoms with van der Waals surface area (Å²) in [5, 5.41) is 0. The van der Waals surface area contributed by atoms with Gasteiger partial charge >= 0.3 is 0 Å². The first-order valence-electron chi connectivity index (χ1n) is 1.85. The molecule has 0 heterocycles. The number of halogens is 1. The molecule has 0 aliphatic rings. The molecule has 0 amide bonds. The zero-order valence-corrected chi connectivity index (χ0v) is 5.61. The van der Waals surface area contributed by atoms with Crippen molar-refractivity contribution >= 4 is 19.7 Å². The zero-order valence-electron chi connectivity index (χ0n) is 4.04. The topological polar surface area (TPSA) is 60.2 Å². The van der Waals surface area contributed by atoms with Crippen molar-refractivity contribution in [3.05, 3.63) is 12.3 Å². The highest BCUT2D eigenvalue weighted by Gasteiger charge is 1.98. The highest BCUT2D eigenvalue weighted by Crippen LogP contribution is 1.94. The van der Waals surface area contributed by atoms with Crippen LogP contribution in [0.2, 0.25) is 0 Å². The molecule has 3 nitrogen and oxygen atoms in total. The Hall–Kier alpha value is -0.220. The smallest absolute Gasteiger partial charge is 0.236 e. The fraction of sp³-hybridized carbons (Fsp3) is 0.333. The van der Waals surface area contributed by atoms with Crippen molar-refractivity contribution in [2.45, 2.75) is 0 Å². The molecule has 0 rings (SSSR count). The monoisotopic (exact) mass is 155 g/mol. The zero-order chi connectivity index (χ0) is 6.62. The molecule has 0 aromatic rings. The van der Waals surface area contributed by atoms with Crippen molar-refractivity contribution in [3.63, 3.8) is 0 Å². The minimum absolute atomic E-state index is 0.203. The van der Waals surface area contributed by atoms with E-state index < -0.39 is 9.05 Å². The van der Waals surface area contributed by atoms with E-state index in [4.69, 9.17) is 16.4 Å². The Balaban J connectivity index is 3.76. The van der Waals surface area contributed by atoms with Crippen LogP contribution in [-0.4, -0.2) is 14.2 Å². The van der Waals surface area contributed by atoms with E-state index in [-0.39, 0.29) is 5.75 Å². The van der Waals surface area contributed by atoms with Gasteiger partial charge in [0.15, 0.2) is 0 Å². The van der Waals surface area contributed by atoms with Gasteiger partial charge in [-0.25, -0.2) is 8.42 Å². The second-order valence-electron chi connectivity index (χ2n) is 1.13. The molecule has 0 aromatic carbocycles. The third-order valence-electron chi connectivity index (χ3n) is 0.431. The lowest BCUT2D eigenvalue weighted by atomic mass is 10.7. The fourth-order valence-corrected chi connectivity index (χ4v) is 0.730. The number of hydrogen-bond donors (Lipinski definition) is 1. The summed E-state index contributed by atoms with van der Waals surface area (Å²) in [6, 6.07) is 0. The van der Waals surface area contributed by atoms with Gasteiger partial charge in [0, 0.05) is 10.7 Å². The van der Waals surface area contributed by atoms with Crippen LogP contribution in [0.3, 0.4) is 0 Å². The number of nitrogens with two attached hydrogens (primary N) is 1. The maximum atomic E-state index is 10.0. The summed E-state index contributed by atoms with van der Waals surface area (Å²) in [6.07, 6.45) is 2.41. The highest BCUT2D eigenvalue weighted by atomic mass is 35.7. The molecular weight excluding hydrogens is 150 g/mol. The molecule has 8 heavy (non-hydrogen) atoms. The minimum Gasteiger partial charge on any atom is -0.405 e. The third-order valence-corrected chi connectivity index (χ3v) is 1.40. The van der Waals surface area contributed by atoms with Crippen LogP contribution in [0.5, 0.6) is 0 Å². The van der Waals surface area contributed by atoms with E-state index in [0.29, 0.717) is 0 Å². The standard InChI is InChI=1S/C3H6ClNO2S/c4-8(6,7)3-1-2-5/h1-2H,3,5H2. The molecule has 0 unspecified atom stereocenters. The summed E-state index contributed by atoms with van der Waals surface area (Å²) >= 11 is 0. The van der Waals surface area contributed by atoms with Crippen LogP contribution in [0, 0.1) is 0 Å². The lowest BCUT2D eigenvalue weighted by Crippen LogP contribution is -1.93. The average molecular weight is 156 g/mol. The molecule has 0 radical (unpaired) electrons. The first-order valence-corrected chi connectivity index (χ1v) is 4.33. The summed E-state index contributed by atoms with van der Waals surface area (Å²) in [4.78, 5) is 0. The molecule has 0 saturated heterocycles. The van der Waals surface area contributed by atoms with Crippen LogP contribution in [-0.2, 0) is 9.05 Å². The quantitative estimate of drug-likeness (QED) is 0.573. The Kier molecular flexibility index (Phi) is 2.86. The Morgan fingerprint density at radius 2 is 2.12 bits per heavy atom. The molecular formula is C3H6ClNO2S. The SMILES string of the molecule is NC=CCS(=O)(=O)Cl. The maximum absolute atomic E-state index is 10.0. The minimum atomic E-state index is -3.38. The molecule has 0 saturated carbocycles. The van der Waals surface area contributed by atoms with Crippen molar-refractivity contribution < 1.29 is 8.42 Å². The van der Waals surface area contributed by atoms with Gasteiger partial charge in [0.25, 0.3) is 0 Å². The summed E-state index contributed by atoms with van der Waals surface area (Å²) in [7, 11) is 1.40. The van der Waals surface area contributed by atoms with Gasteiger partial charge in [-0.2, -0.15) is 0 Å². The maximum Gasteiger partial charge on any atom is 0.236 e. The number of hydrogen-bond acceptors (Lipinski definition) is 3. The van der Waals surface area contributed by atoms with Crippen LogP contribution in [0.25, 0.3) is 0 Å². The summed E-state index contributed by atoms with van der Waals surface area (Å²) < 4.78 is 20.1. The van der Waals surface area contributed by atoms with E-state index >= 15 is 0 Å². The molecule has 0 aromatic heterocycles. The van der Waals surface area contributed by atoms with Gasteiger partial charge in [-0.15, -0.1) is 0 Å². The molecule has 0 spiro atoms. The molecule has 0 fully saturated rings. The van der Waals surface area contributed by atoms with Gasteiger partial charge in [-0.3, -0.25) is 0 Å². The second kappa shape index (κ2) is 2.94. The highest BCUT2D eigenvalue weighted by molar-refractivity contribution is 8.13. The molecule has 0 aliphatic heterocycles. The van der Waals surface area contributed by atoms with Crippen molar-refractivity contribution in [2.24, 2.45) is 5.73 Å². The van der Waals surface area contributed by atoms with E-state index in [0.717, 1.165) is 6.20 Å². The molecule has 0 bridgehead atoms. The van der Waals surface area contributed by atoms with Gasteiger partial charge in [-0.1, -0.05) is 6.08 Å². The van der Waals surface area contributed by atoms with Crippen molar-refractivity contribution in [1.82, 2.24) is 0 Å². The van der Waals surface area contributed by atoms with Crippen LogP contribution in [0.4, 0.5) is 0 Å². The predicted molar refractivity (Wildman–Crippen MR) is 33.0 cm³/mol. The molecule has 2 N–H and O–H groups in total. The van der Waals surface area contributed by atoms with E-state index in [1.54, 1.807) is 0 Å². The van der Waals surface area contributed by atoms with Crippen LogP contribution >= 0.6 is 10.7 Å². The first-order chi connectivity index (χ1) is 3.56. The van der Waals surface area contributed by atoms with Crippen molar-refractivity contribution in [1.29, 1.82) is 0 Å². The summed E-state index contributed by atoms with van der Waals surface area (Å²) in [5.74, 6) is -0.203. The largest absolute Gasteiger partial charge is 0.405 e. The normalized spacial score (nSPS) is 12.6. The lowest BCUT2D eigenvalue weighted by molar-refractivity contribution is 0.612. The Bertz CT molecular complexity index is 172. The van der Waals surface area contributed by atoms with Crippen LogP contribution in [0.15, 0.2) is 12.3 Å². The first kappa shape index (κ1) is 7.78. The van der Waals surface area contributed by atoms with Crippen LogP contribution in [0.1, 0.15) is 0 Å². The van der Waals surface area contributed by atoms with Gasteiger partial charge in [0.2, 0.25) is 9.05 Å². The molecule has 48 valence electrons. The Morgan fingerprint density at radius 3 is 2.25 bits per heavy atom. The Morgan fingerprint density at radius 1 is 1.62 bits per heavy atom. The fourth-order valence-electron chi connectivity index (χ4n) is 0.170. The van der Waals surface area contributed by atoms with Gasteiger partial charge in [0.05, 0.1) is 5.75 Å². The van der Waals surface area contributed by atoms with E-state index in [2.05, 4.69) is 0 Å². The van der Waals surface area contributed by atoms with Crippen molar-refractivity contribution in [3.8, 4) is 0 Å². The second-order valence-corrected chi connectivity index (χ2v) is 3.96. The van der Waals surface area contributed by atoms with Crippen molar-refractivity contribution in [2.75, 3.05) is 5.75 Å². The van der Waals surface area contributed by atoms with Gasteiger partial charge in [-0.05, 0) is 6.20 Å². The number of rotatable bonds is 2. The van der Waals surface area contributed by atoms with E-state index in [1.807, 2.05) is 0 Å². The summed E-state index contributed by atoms with van der Waals surface area (Å²) in [5.41, 5.74) is 4.83. The molecule has 0 aliphatic carbocycles. The van der Waals surface area contributed by atoms with Crippen LogP contribution < -0.4 is 5.73 Å². The predicted octanol–water partition coefficient (Wildman–Crippen LogP) is 0.0274. The average Bonchev–Trinajstić information content (AvgIpc) is 1.59. The summed E-state index contributed by atoms with van der Waals surface area (Å²) in [6.45, 7) is 0. The lowest BCUT2D eigenvalue weighted by Gasteiger charge is -1.81. The van der Waals surface area contributed by atoms with E-state index in [9.17, 15) is 8.42 Å². The third kappa shape index (κ3) is 5.78. The van der Waals surface area contributed by atoms with E-state index in [1.165, 1.54) is 6.08 Å². The van der Waals surface area contributed by atoms with Gasteiger partial charge < -0.3 is 5.73 Å².